The van der Waals surface area contributed by atoms with Gasteiger partial charge in [0.05, 0.1) is 0 Å². The third-order valence-corrected chi connectivity index (χ3v) is 4.31. The van der Waals surface area contributed by atoms with Crippen LogP contribution in [0.15, 0.2) is 51.3 Å². The molecule has 3 heteroatoms. The molecule has 2 aliphatic carbocycles. The molecule has 3 rings (SSSR count). The molecule has 85 valence electrons. The Morgan fingerprint density at radius 2 is 1.82 bits per heavy atom. The molecule has 0 radical (unpaired) electrons. The van der Waals surface area contributed by atoms with Crippen molar-refractivity contribution in [2.45, 2.75) is 12.3 Å². The fourth-order valence-electron chi connectivity index (χ4n) is 2.33. The Morgan fingerprint density at radius 1 is 1.06 bits per heavy atom. The van der Waals surface area contributed by atoms with E-state index >= 15 is 0 Å². The van der Waals surface area contributed by atoms with Crippen molar-refractivity contribution in [1.82, 2.24) is 0 Å². The van der Waals surface area contributed by atoms with Crippen molar-refractivity contribution >= 4 is 6.08 Å². The van der Waals surface area contributed by atoms with Crippen LogP contribution in [0.5, 0.6) is 0 Å². The van der Waals surface area contributed by atoms with E-state index in [2.05, 4.69) is 48.6 Å². The first kappa shape index (κ1) is 15.0. The summed E-state index contributed by atoms with van der Waals surface area (Å²) in [4.78, 5) is 0. The molecule has 1 aromatic rings. The van der Waals surface area contributed by atoms with Crippen molar-refractivity contribution in [3.63, 3.8) is 0 Å². The van der Waals surface area contributed by atoms with Gasteiger partial charge in [-0.05, 0) is 0 Å². The van der Waals surface area contributed by atoms with Crippen LogP contribution in [0.1, 0.15) is 23.5 Å². The second kappa shape index (κ2) is 6.18. The summed E-state index contributed by atoms with van der Waals surface area (Å²) in [5, 5.41) is 0. The van der Waals surface area contributed by atoms with Gasteiger partial charge in [-0.3, -0.25) is 0 Å². The molecule has 0 aliphatic heterocycles. The van der Waals surface area contributed by atoms with Crippen molar-refractivity contribution in [1.29, 1.82) is 0 Å². The molecule has 0 heterocycles. The van der Waals surface area contributed by atoms with Gasteiger partial charge in [-0.2, -0.15) is 0 Å². The van der Waals surface area contributed by atoms with Crippen LogP contribution in [0.4, 0.5) is 0 Å². The molecule has 1 atom stereocenters. The van der Waals surface area contributed by atoms with Crippen LogP contribution >= 0.6 is 0 Å². The molecule has 0 nitrogen and oxygen atoms in total. The number of halogens is 2. The Kier molecular flexibility index (Phi) is 5.44. The number of benzene rings is 1. The Hall–Kier alpha value is -0.0969. The number of fused-ring (bicyclic) bond motifs is 1. The van der Waals surface area contributed by atoms with Gasteiger partial charge in [-0.1, -0.05) is 0 Å². The number of rotatable bonds is 1. The van der Waals surface area contributed by atoms with Crippen LogP contribution in [0.25, 0.3) is 6.08 Å². The molecule has 0 aromatic heterocycles. The van der Waals surface area contributed by atoms with Crippen LogP contribution in [-0.4, -0.2) is 0 Å². The predicted molar refractivity (Wildman–Crippen MR) is 59.0 cm³/mol. The number of allylic oxidation sites excluding steroid dienone is 5. The van der Waals surface area contributed by atoms with Crippen molar-refractivity contribution in [3.05, 3.63) is 62.5 Å². The minimum atomic E-state index is 0. The normalized spacial score (nSPS) is 20.0. The van der Waals surface area contributed by atoms with E-state index in [1.54, 1.807) is 28.0 Å². The van der Waals surface area contributed by atoms with Crippen molar-refractivity contribution in [2.75, 3.05) is 0 Å². The van der Waals surface area contributed by atoms with Crippen LogP contribution in [-0.2, 0) is 24.7 Å². The molecular formula is C14H11Cl2Zr. The van der Waals surface area contributed by atoms with Gasteiger partial charge in [0.25, 0.3) is 0 Å². The Morgan fingerprint density at radius 3 is 2.53 bits per heavy atom. The molecule has 17 heavy (non-hydrogen) atoms. The van der Waals surface area contributed by atoms with Gasteiger partial charge in [0.15, 0.2) is 0 Å². The minimum absolute atomic E-state index is 0. The molecule has 0 spiro atoms. The summed E-state index contributed by atoms with van der Waals surface area (Å²) in [6, 6.07) is 8.71. The van der Waals surface area contributed by atoms with Crippen LogP contribution in [0.2, 0.25) is 0 Å². The Bertz CT molecular complexity index is 501. The predicted octanol–water partition coefficient (Wildman–Crippen LogP) is -2.43. The number of hydrogen-bond acceptors (Lipinski definition) is 0. The average Bonchev–Trinajstić information content (AvgIpc) is 2.83. The Labute approximate surface area is 130 Å². The van der Waals surface area contributed by atoms with Gasteiger partial charge in [-0.15, -0.1) is 0 Å². The van der Waals surface area contributed by atoms with E-state index in [9.17, 15) is 0 Å². The first-order valence-corrected chi connectivity index (χ1v) is 6.47. The molecule has 0 bridgehead atoms. The maximum absolute atomic E-state index is 2.33. The van der Waals surface area contributed by atoms with Crippen LogP contribution < -0.4 is 24.8 Å². The van der Waals surface area contributed by atoms with Gasteiger partial charge in [0.1, 0.15) is 0 Å². The fraction of sp³-hybridized carbons (Fsp3) is 0.143. The van der Waals surface area contributed by atoms with E-state index in [1.807, 2.05) is 0 Å². The van der Waals surface area contributed by atoms with Gasteiger partial charge >= 0.3 is 106 Å². The average molecular weight is 341 g/mol. The van der Waals surface area contributed by atoms with Gasteiger partial charge in [0.2, 0.25) is 0 Å². The molecule has 2 aliphatic rings. The van der Waals surface area contributed by atoms with Crippen molar-refractivity contribution < 1.29 is 49.5 Å². The second-order valence-corrected chi connectivity index (χ2v) is 5.49. The standard InChI is InChI=1S/C14H11.2ClH.Zr/c1-2-6-11(5-1)14-10-9-12-7-3-4-8-13(12)14;;;/h1,3-5,7-10,14H,2H2;2*1H;/q;;;+2/p-2. The first-order chi connectivity index (χ1) is 7.36. The van der Waals surface area contributed by atoms with E-state index in [4.69, 9.17) is 0 Å². The summed E-state index contributed by atoms with van der Waals surface area (Å²) >= 11 is 1.56. The van der Waals surface area contributed by atoms with E-state index in [1.165, 1.54) is 23.1 Å². The molecule has 0 saturated heterocycles. The monoisotopic (exact) mass is 339 g/mol. The molecule has 0 N–H and O–H groups in total. The van der Waals surface area contributed by atoms with E-state index < -0.39 is 0 Å². The van der Waals surface area contributed by atoms with Gasteiger partial charge in [-0.25, -0.2) is 0 Å². The molecule has 1 aromatic carbocycles. The summed E-state index contributed by atoms with van der Waals surface area (Å²) in [6.45, 7) is 0. The van der Waals surface area contributed by atoms with E-state index in [0.29, 0.717) is 5.92 Å². The van der Waals surface area contributed by atoms with Crippen LogP contribution in [0.3, 0.4) is 0 Å². The SMILES string of the molecule is [Cl-].[Cl-].[Zr+2][C]1=C(C2C=Cc3ccccc32)C=CC1. The zero-order valence-electron chi connectivity index (χ0n) is 9.16. The maximum atomic E-state index is 2.33. The summed E-state index contributed by atoms with van der Waals surface area (Å²) in [5.41, 5.74) is 4.40. The summed E-state index contributed by atoms with van der Waals surface area (Å²) in [5.74, 6) is 0.522. The van der Waals surface area contributed by atoms with Crippen molar-refractivity contribution in [3.8, 4) is 0 Å². The van der Waals surface area contributed by atoms with Crippen molar-refractivity contribution in [2.24, 2.45) is 0 Å². The van der Waals surface area contributed by atoms with Crippen LogP contribution in [0, 0.1) is 0 Å². The molecule has 0 fully saturated rings. The zero-order chi connectivity index (χ0) is 10.3. The van der Waals surface area contributed by atoms with Gasteiger partial charge in [0, 0.05) is 0 Å². The molecule has 0 amide bonds. The quantitative estimate of drug-likeness (QED) is 0.533. The zero-order valence-corrected chi connectivity index (χ0v) is 13.1. The van der Waals surface area contributed by atoms with E-state index in [-0.39, 0.29) is 24.8 Å². The molecular weight excluding hydrogens is 330 g/mol. The summed E-state index contributed by atoms with van der Waals surface area (Å²) < 4.78 is 1.61. The first-order valence-electron chi connectivity index (χ1n) is 5.24. The summed E-state index contributed by atoms with van der Waals surface area (Å²) in [7, 11) is 0. The fourth-order valence-corrected chi connectivity index (χ4v) is 3.21. The van der Waals surface area contributed by atoms with E-state index in [0.717, 1.165) is 0 Å². The Balaban J connectivity index is 0.000000722. The second-order valence-electron chi connectivity index (χ2n) is 4.01. The molecule has 1 unspecified atom stereocenters. The third kappa shape index (κ3) is 2.67. The summed E-state index contributed by atoms with van der Waals surface area (Å²) in [6.07, 6.45) is 10.3. The topological polar surface area (TPSA) is 0 Å². The number of hydrogen-bond donors (Lipinski definition) is 0. The molecule has 0 saturated carbocycles. The third-order valence-electron chi connectivity index (χ3n) is 3.10. The van der Waals surface area contributed by atoms with Gasteiger partial charge < -0.3 is 24.8 Å².